The summed E-state index contributed by atoms with van der Waals surface area (Å²) in [5.41, 5.74) is -0.296. The Morgan fingerprint density at radius 3 is 2.40 bits per heavy atom. The molecule has 0 amide bonds. The molecule has 0 fully saturated rings. The minimum Gasteiger partial charge on any atom is -0.454 e. The van der Waals surface area contributed by atoms with Gasteiger partial charge in [0.2, 0.25) is 0 Å². The highest BCUT2D eigenvalue weighted by molar-refractivity contribution is 6.30. The summed E-state index contributed by atoms with van der Waals surface area (Å²) in [6.07, 6.45) is -2.32. The van der Waals surface area contributed by atoms with Gasteiger partial charge >= 0.3 is 12.1 Å². The molecule has 0 unspecified atom stereocenters. The van der Waals surface area contributed by atoms with Gasteiger partial charge in [0, 0.05) is 16.7 Å². The predicted octanol–water partition coefficient (Wildman–Crippen LogP) is 4.80. The van der Waals surface area contributed by atoms with Crippen molar-refractivity contribution >= 4 is 29.4 Å². The molecule has 7 heteroatoms. The Labute approximate surface area is 146 Å². The van der Waals surface area contributed by atoms with Gasteiger partial charge in [0.1, 0.15) is 0 Å². The molecule has 0 aliphatic rings. The molecule has 0 heterocycles. The number of carbonyl (C=O) groups is 2. The van der Waals surface area contributed by atoms with Crippen molar-refractivity contribution in [2.24, 2.45) is 0 Å². The van der Waals surface area contributed by atoms with Gasteiger partial charge in [-0.25, -0.2) is 4.79 Å². The molecule has 0 aliphatic carbocycles. The lowest BCUT2D eigenvalue weighted by atomic mass is 10.1. The van der Waals surface area contributed by atoms with E-state index in [-0.39, 0.29) is 5.56 Å². The van der Waals surface area contributed by atoms with Gasteiger partial charge in [-0.2, -0.15) is 13.2 Å². The van der Waals surface area contributed by atoms with E-state index in [1.54, 1.807) is 0 Å². The highest BCUT2D eigenvalue weighted by atomic mass is 35.5. The van der Waals surface area contributed by atoms with Crippen LogP contribution in [0.2, 0.25) is 5.02 Å². The number of benzene rings is 2. The third-order valence-corrected chi connectivity index (χ3v) is 3.39. The van der Waals surface area contributed by atoms with Crippen molar-refractivity contribution < 1.29 is 27.5 Å². The van der Waals surface area contributed by atoms with E-state index in [2.05, 4.69) is 0 Å². The number of ether oxygens (including phenoxy) is 1. The molecule has 3 nitrogen and oxygen atoms in total. The lowest BCUT2D eigenvalue weighted by molar-refractivity contribution is -0.138. The fraction of sp³-hybridized carbons (Fsp3) is 0.111. The maximum absolute atomic E-state index is 12.6. The van der Waals surface area contributed by atoms with Crippen LogP contribution < -0.4 is 0 Å². The van der Waals surface area contributed by atoms with Crippen molar-refractivity contribution in [3.63, 3.8) is 0 Å². The van der Waals surface area contributed by atoms with Crippen molar-refractivity contribution in [1.82, 2.24) is 0 Å². The first-order chi connectivity index (χ1) is 11.8. The van der Waals surface area contributed by atoms with Gasteiger partial charge < -0.3 is 4.74 Å². The van der Waals surface area contributed by atoms with Crippen molar-refractivity contribution in [2.45, 2.75) is 6.18 Å². The van der Waals surface area contributed by atoms with Gasteiger partial charge in [0.05, 0.1) is 5.56 Å². The van der Waals surface area contributed by atoms with Crippen LogP contribution in [0.25, 0.3) is 6.08 Å². The number of carbonyl (C=O) groups excluding carboxylic acids is 2. The molecule has 0 saturated heterocycles. The average Bonchev–Trinajstić information content (AvgIpc) is 2.58. The summed E-state index contributed by atoms with van der Waals surface area (Å²) in [4.78, 5) is 23.4. The minimum atomic E-state index is -4.46. The van der Waals surface area contributed by atoms with Gasteiger partial charge in [-0.1, -0.05) is 23.7 Å². The van der Waals surface area contributed by atoms with Gasteiger partial charge in [0.25, 0.3) is 0 Å². The third kappa shape index (κ3) is 5.76. The molecule has 2 rings (SSSR count). The van der Waals surface area contributed by atoms with E-state index in [0.717, 1.165) is 18.2 Å². The molecule has 0 saturated carbocycles. The number of ketones is 1. The average molecular weight is 369 g/mol. The first kappa shape index (κ1) is 18.7. The second-order valence-corrected chi connectivity index (χ2v) is 5.43. The zero-order valence-electron chi connectivity index (χ0n) is 12.7. The summed E-state index contributed by atoms with van der Waals surface area (Å²) in [6.45, 7) is -0.479. The highest BCUT2D eigenvalue weighted by Gasteiger charge is 2.30. The Kier molecular flexibility index (Phi) is 5.98. The van der Waals surface area contributed by atoms with Crippen LogP contribution in [0.5, 0.6) is 0 Å². The molecule has 0 spiro atoms. The highest BCUT2D eigenvalue weighted by Crippen LogP contribution is 2.29. The molecule has 0 radical (unpaired) electrons. The van der Waals surface area contributed by atoms with E-state index < -0.39 is 30.1 Å². The summed E-state index contributed by atoms with van der Waals surface area (Å²) < 4.78 is 42.6. The summed E-state index contributed by atoms with van der Waals surface area (Å²) in [6, 6.07) is 10.5. The van der Waals surface area contributed by atoms with E-state index in [9.17, 15) is 22.8 Å². The Hall–Kier alpha value is -2.60. The quantitative estimate of drug-likeness (QED) is 0.432. The van der Waals surface area contributed by atoms with Crippen LogP contribution in [0.4, 0.5) is 13.2 Å². The normalized spacial score (nSPS) is 11.5. The number of Topliss-reactive ketones (excluding diaryl/α,β-unsaturated/α-hetero) is 1. The number of esters is 1. The van der Waals surface area contributed by atoms with E-state index in [1.807, 2.05) is 0 Å². The molecule has 0 aliphatic heterocycles. The second-order valence-electron chi connectivity index (χ2n) is 4.99. The van der Waals surface area contributed by atoms with E-state index in [0.29, 0.717) is 10.6 Å². The zero-order valence-corrected chi connectivity index (χ0v) is 13.5. The van der Waals surface area contributed by atoms with Crippen LogP contribution in [0.3, 0.4) is 0 Å². The fourth-order valence-electron chi connectivity index (χ4n) is 1.89. The van der Waals surface area contributed by atoms with Gasteiger partial charge in [0.15, 0.2) is 12.4 Å². The van der Waals surface area contributed by atoms with Gasteiger partial charge in [-0.3, -0.25) is 4.79 Å². The SMILES string of the molecule is O=C(/C=C/c1cccc(C(F)(F)F)c1)OCC(=O)c1ccc(Cl)cc1. The molecule has 0 bridgehead atoms. The summed E-state index contributed by atoms with van der Waals surface area (Å²) >= 11 is 5.71. The molecule has 2 aromatic carbocycles. The molecular weight excluding hydrogens is 357 g/mol. The topological polar surface area (TPSA) is 43.4 Å². The minimum absolute atomic E-state index is 0.191. The molecular formula is C18H12ClF3O3. The molecule has 0 N–H and O–H groups in total. The molecule has 2 aromatic rings. The van der Waals surface area contributed by atoms with Crippen LogP contribution in [-0.4, -0.2) is 18.4 Å². The van der Waals surface area contributed by atoms with Crippen molar-refractivity contribution in [1.29, 1.82) is 0 Å². The third-order valence-electron chi connectivity index (χ3n) is 3.14. The van der Waals surface area contributed by atoms with Crippen LogP contribution in [0.15, 0.2) is 54.6 Å². The lowest BCUT2D eigenvalue weighted by Crippen LogP contribution is -2.12. The largest absolute Gasteiger partial charge is 0.454 e. The van der Waals surface area contributed by atoms with Crippen molar-refractivity contribution in [2.75, 3.05) is 6.61 Å². The first-order valence-electron chi connectivity index (χ1n) is 7.06. The molecule has 0 atom stereocenters. The van der Waals surface area contributed by atoms with Crippen LogP contribution in [0, 0.1) is 0 Å². The number of halogens is 4. The van der Waals surface area contributed by atoms with Crippen LogP contribution >= 0.6 is 11.6 Å². The summed E-state index contributed by atoms with van der Waals surface area (Å²) in [5.74, 6) is -1.25. The second kappa shape index (κ2) is 7.98. The zero-order chi connectivity index (χ0) is 18.4. The molecule has 0 aromatic heterocycles. The van der Waals surface area contributed by atoms with Gasteiger partial charge in [-0.15, -0.1) is 0 Å². The first-order valence-corrected chi connectivity index (χ1v) is 7.44. The Balaban J connectivity index is 1.93. The Morgan fingerprint density at radius 2 is 1.76 bits per heavy atom. The van der Waals surface area contributed by atoms with Crippen molar-refractivity contribution in [3.8, 4) is 0 Å². The number of rotatable bonds is 5. The standard InChI is InChI=1S/C18H12ClF3O3/c19-15-7-5-13(6-8-15)16(23)11-25-17(24)9-4-12-2-1-3-14(10-12)18(20,21)22/h1-10H,11H2/b9-4+. The summed E-state index contributed by atoms with van der Waals surface area (Å²) in [5, 5.41) is 0.470. The maximum atomic E-state index is 12.6. The summed E-state index contributed by atoms with van der Waals surface area (Å²) in [7, 11) is 0. The fourth-order valence-corrected chi connectivity index (χ4v) is 2.01. The predicted molar refractivity (Wildman–Crippen MR) is 87.2 cm³/mol. The smallest absolute Gasteiger partial charge is 0.416 e. The Bertz CT molecular complexity index is 796. The van der Waals surface area contributed by atoms with E-state index in [4.69, 9.17) is 16.3 Å². The van der Waals surface area contributed by atoms with Crippen LogP contribution in [-0.2, 0) is 15.7 Å². The van der Waals surface area contributed by atoms with Crippen molar-refractivity contribution in [3.05, 3.63) is 76.3 Å². The number of alkyl halides is 3. The molecule has 130 valence electrons. The Morgan fingerprint density at radius 1 is 1.08 bits per heavy atom. The van der Waals surface area contributed by atoms with E-state index >= 15 is 0 Å². The monoisotopic (exact) mass is 368 g/mol. The van der Waals surface area contributed by atoms with E-state index in [1.165, 1.54) is 42.5 Å². The van der Waals surface area contributed by atoms with Gasteiger partial charge in [-0.05, 0) is 48.0 Å². The maximum Gasteiger partial charge on any atom is 0.416 e. The van der Waals surface area contributed by atoms with Crippen LogP contribution in [0.1, 0.15) is 21.5 Å². The molecule has 25 heavy (non-hydrogen) atoms. The number of hydrogen-bond donors (Lipinski definition) is 0. The number of hydrogen-bond acceptors (Lipinski definition) is 3. The lowest BCUT2D eigenvalue weighted by Gasteiger charge is -2.06.